The van der Waals surface area contributed by atoms with Gasteiger partial charge in [0.2, 0.25) is 0 Å². The third-order valence-corrected chi connectivity index (χ3v) is 6.89. The lowest BCUT2D eigenvalue weighted by Gasteiger charge is -2.37. The van der Waals surface area contributed by atoms with Gasteiger partial charge < -0.3 is 4.90 Å². The summed E-state index contributed by atoms with van der Waals surface area (Å²) in [5, 5.41) is 7.52. The maximum Gasteiger partial charge on any atom is 0.162 e. The predicted octanol–water partition coefficient (Wildman–Crippen LogP) is 7.62. The third kappa shape index (κ3) is 4.59. The predicted molar refractivity (Wildman–Crippen MR) is 140 cm³/mol. The van der Waals surface area contributed by atoms with Gasteiger partial charge in [-0.3, -0.25) is 0 Å². The molecule has 1 heterocycles. The molecule has 3 nitrogen and oxygen atoms in total. The number of hydrogen-bond donors (Lipinski definition) is 0. The molecule has 0 N–H and O–H groups in total. The minimum Gasteiger partial charge on any atom is -0.301 e. The number of amidine groups is 1. The van der Waals surface area contributed by atoms with E-state index in [0.717, 1.165) is 17.1 Å². The second-order valence-electron chi connectivity index (χ2n) is 9.11. The highest BCUT2D eigenvalue weighted by atomic mass is 15.6. The number of hydrazone groups is 1. The molecule has 0 aromatic heterocycles. The van der Waals surface area contributed by atoms with E-state index >= 15 is 0 Å². The number of para-hydroxylation sites is 2. The zero-order valence-corrected chi connectivity index (χ0v) is 19.5. The zero-order valence-electron chi connectivity index (χ0n) is 19.5. The quantitative estimate of drug-likeness (QED) is 0.384. The van der Waals surface area contributed by atoms with Crippen LogP contribution in [-0.2, 0) is 0 Å². The van der Waals surface area contributed by atoms with Gasteiger partial charge in [-0.15, -0.1) is 0 Å². The van der Waals surface area contributed by atoms with Crippen LogP contribution in [0.1, 0.15) is 51.0 Å². The Morgan fingerprint density at radius 3 is 2.03 bits per heavy atom. The van der Waals surface area contributed by atoms with Crippen molar-refractivity contribution in [2.75, 3.05) is 9.91 Å². The first-order valence-electron chi connectivity index (χ1n) is 12.3. The number of allylic oxidation sites excluding steroid dienone is 1. The van der Waals surface area contributed by atoms with Crippen LogP contribution in [0, 0.1) is 5.92 Å². The van der Waals surface area contributed by atoms with E-state index in [1.54, 1.807) is 5.57 Å². The Morgan fingerprint density at radius 1 is 0.727 bits per heavy atom. The summed E-state index contributed by atoms with van der Waals surface area (Å²) in [6, 6.07) is 32.0. The summed E-state index contributed by atoms with van der Waals surface area (Å²) in [6.07, 6.45) is 10.3. The molecule has 0 spiro atoms. The van der Waals surface area contributed by atoms with Crippen molar-refractivity contribution in [2.24, 2.45) is 11.0 Å². The van der Waals surface area contributed by atoms with E-state index in [0.29, 0.717) is 5.92 Å². The van der Waals surface area contributed by atoms with Crippen LogP contribution < -0.4 is 9.91 Å². The van der Waals surface area contributed by atoms with Crippen LogP contribution in [-0.4, -0.2) is 12.0 Å². The standard InChI is InChI=1S/C30H33N3/c1-24(25-16-8-3-2-4-9-17-25)30-32(27-20-12-6-13-21-27)29(26-18-10-5-11-19-26)31-33(30)28-22-14-7-15-23-28/h5-7,10-16,18-24,30H,2-4,8-9,17H2,1H3/b25-16+. The van der Waals surface area contributed by atoms with Crippen molar-refractivity contribution in [3.05, 3.63) is 108 Å². The molecule has 3 aromatic carbocycles. The fourth-order valence-electron chi connectivity index (χ4n) is 5.14. The van der Waals surface area contributed by atoms with Gasteiger partial charge in [-0.25, -0.2) is 5.01 Å². The molecule has 168 valence electrons. The van der Waals surface area contributed by atoms with E-state index in [-0.39, 0.29) is 6.17 Å². The van der Waals surface area contributed by atoms with Crippen molar-refractivity contribution < 1.29 is 0 Å². The largest absolute Gasteiger partial charge is 0.301 e. The van der Waals surface area contributed by atoms with Gasteiger partial charge in [-0.1, -0.05) is 98.1 Å². The minimum absolute atomic E-state index is 0.0793. The first kappa shape index (κ1) is 21.5. The molecule has 1 aliphatic carbocycles. The fraction of sp³-hybridized carbons (Fsp3) is 0.300. The number of hydrogen-bond acceptors (Lipinski definition) is 3. The van der Waals surface area contributed by atoms with Crippen molar-refractivity contribution in [1.82, 2.24) is 0 Å². The van der Waals surface area contributed by atoms with Crippen molar-refractivity contribution in [1.29, 1.82) is 0 Å². The second kappa shape index (κ2) is 10.1. The van der Waals surface area contributed by atoms with Crippen LogP contribution >= 0.6 is 0 Å². The SMILES string of the molecule is CC(/C1=C/CCCCCC1)C1N(c2ccccc2)N=C(c2ccccc2)N1c1ccccc1. The fourth-order valence-corrected chi connectivity index (χ4v) is 5.14. The molecule has 2 atom stereocenters. The Morgan fingerprint density at radius 2 is 1.33 bits per heavy atom. The molecule has 0 saturated carbocycles. The van der Waals surface area contributed by atoms with Gasteiger partial charge in [0.25, 0.3) is 0 Å². The topological polar surface area (TPSA) is 18.8 Å². The van der Waals surface area contributed by atoms with E-state index in [9.17, 15) is 0 Å². The number of nitrogens with zero attached hydrogens (tertiary/aromatic N) is 3. The lowest BCUT2D eigenvalue weighted by Crippen LogP contribution is -2.47. The van der Waals surface area contributed by atoms with Gasteiger partial charge in [0, 0.05) is 17.2 Å². The van der Waals surface area contributed by atoms with Crippen LogP contribution in [0.2, 0.25) is 0 Å². The van der Waals surface area contributed by atoms with Crippen LogP contribution in [0.25, 0.3) is 0 Å². The lowest BCUT2D eigenvalue weighted by molar-refractivity contribution is 0.481. The highest BCUT2D eigenvalue weighted by molar-refractivity contribution is 6.12. The Balaban J connectivity index is 1.63. The molecule has 0 saturated heterocycles. The number of benzene rings is 3. The molecule has 0 radical (unpaired) electrons. The first-order chi connectivity index (χ1) is 16.3. The zero-order chi connectivity index (χ0) is 22.5. The molecule has 0 amide bonds. The van der Waals surface area contributed by atoms with Gasteiger partial charge in [0.15, 0.2) is 5.84 Å². The average Bonchev–Trinajstić information content (AvgIpc) is 3.26. The Hall–Kier alpha value is -3.33. The second-order valence-corrected chi connectivity index (χ2v) is 9.11. The smallest absolute Gasteiger partial charge is 0.162 e. The molecule has 0 fully saturated rings. The van der Waals surface area contributed by atoms with Gasteiger partial charge in [0.05, 0.1) is 5.69 Å². The van der Waals surface area contributed by atoms with Crippen LogP contribution in [0.4, 0.5) is 11.4 Å². The highest BCUT2D eigenvalue weighted by Gasteiger charge is 2.41. The normalized spacial score (nSPS) is 21.5. The summed E-state index contributed by atoms with van der Waals surface area (Å²) in [6.45, 7) is 2.40. The molecule has 5 rings (SSSR count). The summed E-state index contributed by atoms with van der Waals surface area (Å²) >= 11 is 0. The van der Waals surface area contributed by atoms with Crippen molar-refractivity contribution in [2.45, 2.75) is 51.6 Å². The van der Waals surface area contributed by atoms with E-state index < -0.39 is 0 Å². The van der Waals surface area contributed by atoms with E-state index in [1.165, 1.54) is 44.2 Å². The van der Waals surface area contributed by atoms with Gasteiger partial charge in [0.1, 0.15) is 6.17 Å². The molecule has 3 heteroatoms. The molecular weight excluding hydrogens is 402 g/mol. The van der Waals surface area contributed by atoms with E-state index in [2.05, 4.69) is 114 Å². The summed E-state index contributed by atoms with van der Waals surface area (Å²) in [7, 11) is 0. The highest BCUT2D eigenvalue weighted by Crippen LogP contribution is 2.38. The van der Waals surface area contributed by atoms with Gasteiger partial charge in [-0.2, -0.15) is 5.10 Å². The maximum atomic E-state index is 5.27. The molecule has 0 bridgehead atoms. The average molecular weight is 436 g/mol. The third-order valence-electron chi connectivity index (χ3n) is 6.89. The summed E-state index contributed by atoms with van der Waals surface area (Å²) in [4.78, 5) is 2.45. The molecule has 3 aromatic rings. The first-order valence-corrected chi connectivity index (χ1v) is 12.3. The van der Waals surface area contributed by atoms with E-state index in [1.807, 2.05) is 0 Å². The van der Waals surface area contributed by atoms with E-state index in [4.69, 9.17) is 5.10 Å². The molecule has 2 aliphatic rings. The van der Waals surface area contributed by atoms with Crippen molar-refractivity contribution >= 4 is 17.2 Å². The Kier molecular flexibility index (Phi) is 6.57. The number of rotatable bonds is 5. The monoisotopic (exact) mass is 435 g/mol. The van der Waals surface area contributed by atoms with Crippen molar-refractivity contribution in [3.63, 3.8) is 0 Å². The van der Waals surface area contributed by atoms with Crippen molar-refractivity contribution in [3.8, 4) is 0 Å². The molecular formula is C30H33N3. The molecule has 2 unspecified atom stereocenters. The van der Waals surface area contributed by atoms with Gasteiger partial charge >= 0.3 is 0 Å². The van der Waals surface area contributed by atoms with Gasteiger partial charge in [-0.05, 0) is 49.9 Å². The summed E-state index contributed by atoms with van der Waals surface area (Å²) < 4.78 is 0. The summed E-state index contributed by atoms with van der Waals surface area (Å²) in [5.41, 5.74) is 5.03. The maximum absolute atomic E-state index is 5.27. The number of anilines is 2. The Labute approximate surface area is 198 Å². The Bertz CT molecular complexity index is 1090. The van der Waals surface area contributed by atoms with Crippen LogP contribution in [0.3, 0.4) is 0 Å². The molecule has 1 aliphatic heterocycles. The lowest BCUT2D eigenvalue weighted by atomic mass is 9.88. The molecule has 33 heavy (non-hydrogen) atoms. The summed E-state index contributed by atoms with van der Waals surface area (Å²) in [5.74, 6) is 1.35. The van der Waals surface area contributed by atoms with Crippen LogP contribution in [0.5, 0.6) is 0 Å². The minimum atomic E-state index is 0.0793. The van der Waals surface area contributed by atoms with Crippen LogP contribution in [0.15, 0.2) is 108 Å².